The highest BCUT2D eigenvalue weighted by Crippen LogP contribution is 2.12. The molecule has 0 aliphatic rings. The van der Waals surface area contributed by atoms with Crippen molar-refractivity contribution in [1.82, 2.24) is 9.97 Å². The molecular weight excluding hydrogens is 212 g/mol. The molecule has 4 nitrogen and oxygen atoms in total. The van der Waals surface area contributed by atoms with Crippen molar-refractivity contribution in [2.75, 3.05) is 11.1 Å². The molecule has 88 valence electrons. The van der Waals surface area contributed by atoms with Gasteiger partial charge in [0, 0.05) is 5.69 Å². The first-order valence-electron chi connectivity index (χ1n) is 5.54. The van der Waals surface area contributed by atoms with Crippen molar-refractivity contribution in [3.63, 3.8) is 0 Å². The van der Waals surface area contributed by atoms with Gasteiger partial charge in [-0.2, -0.15) is 0 Å². The first-order chi connectivity index (χ1) is 8.15. The number of nitrogen functional groups attached to an aromatic ring is 1. The third-order valence-electron chi connectivity index (χ3n) is 2.52. The highest BCUT2D eigenvalue weighted by molar-refractivity contribution is 5.49. The summed E-state index contributed by atoms with van der Waals surface area (Å²) >= 11 is 0. The number of aromatic nitrogens is 2. The molecule has 0 bridgehead atoms. The van der Waals surface area contributed by atoms with E-state index in [-0.39, 0.29) is 0 Å². The third kappa shape index (κ3) is 2.93. The Balaban J connectivity index is 2.05. The molecule has 0 fully saturated rings. The molecule has 0 saturated heterocycles. The van der Waals surface area contributed by atoms with E-state index in [4.69, 9.17) is 5.73 Å². The summed E-state index contributed by atoms with van der Waals surface area (Å²) in [6.45, 7) is 4.54. The van der Waals surface area contributed by atoms with Gasteiger partial charge in [-0.15, -0.1) is 0 Å². The summed E-state index contributed by atoms with van der Waals surface area (Å²) in [7, 11) is 0. The fraction of sp³-hybridized carbons (Fsp3) is 0.231. The number of pyridine rings is 2. The standard InChI is InChI=1S/C13H16N4/c1-9-4-3-5-11(16-9)8-15-13-7-6-12(14)10(2)17-13/h3-7H,8,14H2,1-2H3,(H,15,17). The normalized spacial score (nSPS) is 10.2. The number of rotatable bonds is 3. The molecule has 0 spiro atoms. The van der Waals surface area contributed by atoms with Crippen molar-refractivity contribution in [1.29, 1.82) is 0 Å². The van der Waals surface area contributed by atoms with Crippen LogP contribution in [0.2, 0.25) is 0 Å². The molecule has 0 aliphatic heterocycles. The molecule has 3 N–H and O–H groups in total. The van der Waals surface area contributed by atoms with Gasteiger partial charge >= 0.3 is 0 Å². The first kappa shape index (κ1) is 11.4. The molecule has 0 unspecified atom stereocenters. The van der Waals surface area contributed by atoms with Crippen LogP contribution in [-0.4, -0.2) is 9.97 Å². The second-order valence-corrected chi connectivity index (χ2v) is 3.99. The number of nitrogens with one attached hydrogen (secondary N) is 1. The zero-order chi connectivity index (χ0) is 12.3. The maximum Gasteiger partial charge on any atom is 0.126 e. The van der Waals surface area contributed by atoms with Gasteiger partial charge in [0.25, 0.3) is 0 Å². The summed E-state index contributed by atoms with van der Waals surface area (Å²) in [6.07, 6.45) is 0. The topological polar surface area (TPSA) is 63.8 Å². The van der Waals surface area contributed by atoms with Gasteiger partial charge in [0.15, 0.2) is 0 Å². The lowest BCUT2D eigenvalue weighted by Gasteiger charge is -2.07. The largest absolute Gasteiger partial charge is 0.397 e. The quantitative estimate of drug-likeness (QED) is 0.846. The highest BCUT2D eigenvalue weighted by atomic mass is 15.0. The fourth-order valence-corrected chi connectivity index (χ4v) is 1.55. The molecule has 0 radical (unpaired) electrons. The van der Waals surface area contributed by atoms with E-state index in [2.05, 4.69) is 15.3 Å². The van der Waals surface area contributed by atoms with Crippen molar-refractivity contribution in [2.45, 2.75) is 20.4 Å². The van der Waals surface area contributed by atoms with Crippen LogP contribution < -0.4 is 11.1 Å². The van der Waals surface area contributed by atoms with E-state index in [1.807, 2.05) is 44.2 Å². The Labute approximate surface area is 101 Å². The van der Waals surface area contributed by atoms with Crippen molar-refractivity contribution in [3.05, 3.63) is 47.4 Å². The zero-order valence-corrected chi connectivity index (χ0v) is 10.1. The molecule has 17 heavy (non-hydrogen) atoms. The van der Waals surface area contributed by atoms with Crippen LogP contribution in [0.3, 0.4) is 0 Å². The van der Waals surface area contributed by atoms with Crippen molar-refractivity contribution < 1.29 is 0 Å². The molecule has 0 aromatic carbocycles. The van der Waals surface area contributed by atoms with Crippen LogP contribution in [-0.2, 0) is 6.54 Å². The van der Waals surface area contributed by atoms with E-state index >= 15 is 0 Å². The van der Waals surface area contributed by atoms with Gasteiger partial charge in [0.05, 0.1) is 23.6 Å². The van der Waals surface area contributed by atoms with Crippen molar-refractivity contribution in [3.8, 4) is 0 Å². The molecule has 0 saturated carbocycles. The van der Waals surface area contributed by atoms with Crippen LogP contribution in [0.5, 0.6) is 0 Å². The van der Waals surface area contributed by atoms with Gasteiger partial charge in [-0.25, -0.2) is 4.98 Å². The summed E-state index contributed by atoms with van der Waals surface area (Å²) in [5.74, 6) is 0.819. The smallest absolute Gasteiger partial charge is 0.126 e. The van der Waals surface area contributed by atoms with E-state index in [9.17, 15) is 0 Å². The average Bonchev–Trinajstić information content (AvgIpc) is 2.31. The Kier molecular flexibility index (Phi) is 3.23. The summed E-state index contributed by atoms with van der Waals surface area (Å²) in [6, 6.07) is 9.70. The second-order valence-electron chi connectivity index (χ2n) is 3.99. The maximum atomic E-state index is 5.71. The molecule has 2 aromatic rings. The lowest BCUT2D eigenvalue weighted by molar-refractivity contribution is 1.000. The molecule has 0 aliphatic carbocycles. The second kappa shape index (κ2) is 4.82. The Morgan fingerprint density at radius 3 is 2.65 bits per heavy atom. The van der Waals surface area contributed by atoms with Crippen LogP contribution in [0.1, 0.15) is 17.1 Å². The minimum Gasteiger partial charge on any atom is -0.397 e. The Bertz CT molecular complexity index is 523. The number of aryl methyl sites for hydroxylation is 2. The molecule has 2 heterocycles. The molecule has 2 aromatic heterocycles. The van der Waals surface area contributed by atoms with Gasteiger partial charge < -0.3 is 11.1 Å². The number of nitrogens with zero attached hydrogens (tertiary/aromatic N) is 2. The van der Waals surface area contributed by atoms with E-state index in [1.165, 1.54) is 0 Å². The molecular formula is C13H16N4. The fourth-order valence-electron chi connectivity index (χ4n) is 1.55. The monoisotopic (exact) mass is 228 g/mol. The average molecular weight is 228 g/mol. The van der Waals surface area contributed by atoms with Gasteiger partial charge in [-0.1, -0.05) is 6.07 Å². The first-order valence-corrected chi connectivity index (χ1v) is 5.54. The van der Waals surface area contributed by atoms with Crippen molar-refractivity contribution in [2.24, 2.45) is 0 Å². The van der Waals surface area contributed by atoms with E-state index < -0.39 is 0 Å². The Hall–Kier alpha value is -2.10. The Morgan fingerprint density at radius 1 is 1.12 bits per heavy atom. The summed E-state index contributed by atoms with van der Waals surface area (Å²) in [5, 5.41) is 3.23. The Morgan fingerprint density at radius 2 is 1.94 bits per heavy atom. The van der Waals surface area contributed by atoms with Crippen molar-refractivity contribution >= 4 is 11.5 Å². The summed E-state index contributed by atoms with van der Waals surface area (Å²) < 4.78 is 0. The van der Waals surface area contributed by atoms with Gasteiger partial charge in [-0.3, -0.25) is 4.98 Å². The lowest BCUT2D eigenvalue weighted by atomic mass is 10.3. The molecule has 2 rings (SSSR count). The highest BCUT2D eigenvalue weighted by Gasteiger charge is 1.99. The predicted octanol–water partition coefficient (Wildman–Crippen LogP) is 2.29. The molecule has 4 heteroatoms. The van der Waals surface area contributed by atoms with Gasteiger partial charge in [0.1, 0.15) is 5.82 Å². The number of anilines is 2. The maximum absolute atomic E-state index is 5.71. The van der Waals surface area contributed by atoms with Crippen LogP contribution in [0.15, 0.2) is 30.3 Å². The van der Waals surface area contributed by atoms with Crippen LogP contribution in [0, 0.1) is 13.8 Å². The van der Waals surface area contributed by atoms with Gasteiger partial charge in [0.2, 0.25) is 0 Å². The summed E-state index contributed by atoms with van der Waals surface area (Å²) in [5.41, 5.74) is 9.29. The van der Waals surface area contributed by atoms with Crippen LogP contribution in [0.4, 0.5) is 11.5 Å². The minimum atomic E-state index is 0.665. The van der Waals surface area contributed by atoms with E-state index in [1.54, 1.807) is 0 Å². The molecule has 0 atom stereocenters. The number of nitrogens with two attached hydrogens (primary N) is 1. The summed E-state index contributed by atoms with van der Waals surface area (Å²) in [4.78, 5) is 8.76. The number of hydrogen-bond donors (Lipinski definition) is 2. The van der Waals surface area contributed by atoms with Crippen LogP contribution >= 0.6 is 0 Å². The lowest BCUT2D eigenvalue weighted by Crippen LogP contribution is -2.05. The van der Waals surface area contributed by atoms with E-state index in [0.717, 1.165) is 22.9 Å². The zero-order valence-electron chi connectivity index (χ0n) is 10.1. The van der Waals surface area contributed by atoms with E-state index in [0.29, 0.717) is 12.2 Å². The predicted molar refractivity (Wildman–Crippen MR) is 69.7 cm³/mol. The minimum absolute atomic E-state index is 0.665. The SMILES string of the molecule is Cc1cccc(CNc2ccc(N)c(C)n2)n1. The number of hydrogen-bond acceptors (Lipinski definition) is 4. The third-order valence-corrected chi connectivity index (χ3v) is 2.52. The molecule has 0 amide bonds. The van der Waals surface area contributed by atoms with Gasteiger partial charge in [-0.05, 0) is 38.1 Å². The van der Waals surface area contributed by atoms with Crippen LogP contribution in [0.25, 0.3) is 0 Å².